The number of hydrogen-bond donors (Lipinski definition) is 0. The normalized spacial score (nSPS) is 23.4. The summed E-state index contributed by atoms with van der Waals surface area (Å²) >= 11 is 5.98. The summed E-state index contributed by atoms with van der Waals surface area (Å²) in [6, 6.07) is 7.20. The van der Waals surface area contributed by atoms with Crippen molar-refractivity contribution in [1.29, 1.82) is 5.26 Å². The molecule has 0 unspecified atom stereocenters. The second-order valence-electron chi connectivity index (χ2n) is 4.47. The van der Waals surface area contributed by atoms with Gasteiger partial charge in [-0.15, -0.1) is 0 Å². The molecule has 4 heteroatoms. The summed E-state index contributed by atoms with van der Waals surface area (Å²) in [7, 11) is 1.72. The number of nitrogens with zero attached hydrogens (tertiary/aromatic N) is 1. The maximum absolute atomic E-state index is 8.82. The van der Waals surface area contributed by atoms with Gasteiger partial charge in [0.05, 0.1) is 16.7 Å². The SMILES string of the molecule is CO[C@@H]1CCCC[C@H]1Oc1ccc(C#N)c(Cl)c1. The van der Waals surface area contributed by atoms with Crippen molar-refractivity contribution in [3.63, 3.8) is 0 Å². The number of nitriles is 1. The monoisotopic (exact) mass is 265 g/mol. The first kappa shape index (κ1) is 13.2. The molecule has 0 radical (unpaired) electrons. The van der Waals surface area contributed by atoms with Gasteiger partial charge in [-0.25, -0.2) is 0 Å². The predicted molar refractivity (Wildman–Crippen MR) is 69.8 cm³/mol. The third kappa shape index (κ3) is 2.95. The number of ether oxygens (including phenoxy) is 2. The molecule has 0 aliphatic heterocycles. The van der Waals surface area contributed by atoms with Gasteiger partial charge >= 0.3 is 0 Å². The molecule has 2 rings (SSSR count). The molecule has 1 aromatic carbocycles. The quantitative estimate of drug-likeness (QED) is 0.839. The molecule has 2 atom stereocenters. The summed E-state index contributed by atoms with van der Waals surface area (Å²) in [5.74, 6) is 0.702. The molecule has 96 valence electrons. The van der Waals surface area contributed by atoms with Crippen LogP contribution in [0.3, 0.4) is 0 Å². The molecule has 1 aliphatic carbocycles. The van der Waals surface area contributed by atoms with Crippen LogP contribution in [0.4, 0.5) is 0 Å². The molecule has 0 amide bonds. The zero-order valence-corrected chi connectivity index (χ0v) is 11.1. The molecule has 1 aromatic rings. The molecule has 18 heavy (non-hydrogen) atoms. The van der Waals surface area contributed by atoms with E-state index in [0.717, 1.165) is 19.3 Å². The molecule has 0 saturated heterocycles. The lowest BCUT2D eigenvalue weighted by Gasteiger charge is -2.30. The summed E-state index contributed by atoms with van der Waals surface area (Å²) in [6.45, 7) is 0. The van der Waals surface area contributed by atoms with Crippen LogP contribution in [-0.4, -0.2) is 19.3 Å². The fraction of sp³-hybridized carbons (Fsp3) is 0.500. The van der Waals surface area contributed by atoms with Crippen LogP contribution in [-0.2, 0) is 4.74 Å². The van der Waals surface area contributed by atoms with E-state index in [-0.39, 0.29) is 12.2 Å². The molecule has 0 aromatic heterocycles. The van der Waals surface area contributed by atoms with E-state index in [4.69, 9.17) is 26.3 Å². The van der Waals surface area contributed by atoms with Crippen molar-refractivity contribution < 1.29 is 9.47 Å². The first-order valence-electron chi connectivity index (χ1n) is 6.13. The molecule has 0 N–H and O–H groups in total. The maximum atomic E-state index is 8.82. The van der Waals surface area contributed by atoms with Crippen molar-refractivity contribution >= 4 is 11.6 Å². The highest BCUT2D eigenvalue weighted by Crippen LogP contribution is 2.28. The minimum atomic E-state index is 0.0766. The Bertz CT molecular complexity index is 456. The number of methoxy groups -OCH3 is 1. The van der Waals surface area contributed by atoms with Crippen LogP contribution in [0.1, 0.15) is 31.2 Å². The third-order valence-corrected chi connectivity index (χ3v) is 3.61. The van der Waals surface area contributed by atoms with E-state index in [9.17, 15) is 0 Å². The van der Waals surface area contributed by atoms with Crippen LogP contribution >= 0.6 is 11.6 Å². The van der Waals surface area contributed by atoms with Crippen LogP contribution < -0.4 is 4.74 Å². The Morgan fingerprint density at radius 3 is 2.61 bits per heavy atom. The van der Waals surface area contributed by atoms with Gasteiger partial charge in [-0.3, -0.25) is 0 Å². The van der Waals surface area contributed by atoms with Gasteiger partial charge in [0.25, 0.3) is 0 Å². The van der Waals surface area contributed by atoms with Crippen LogP contribution in [0.2, 0.25) is 5.02 Å². The summed E-state index contributed by atoms with van der Waals surface area (Å²) < 4.78 is 11.4. The Morgan fingerprint density at radius 1 is 1.28 bits per heavy atom. The molecule has 0 spiro atoms. The maximum Gasteiger partial charge on any atom is 0.125 e. The van der Waals surface area contributed by atoms with Gasteiger partial charge in [0, 0.05) is 13.2 Å². The van der Waals surface area contributed by atoms with E-state index in [1.165, 1.54) is 6.42 Å². The van der Waals surface area contributed by atoms with E-state index in [1.807, 2.05) is 6.07 Å². The van der Waals surface area contributed by atoms with Gasteiger partial charge in [0.2, 0.25) is 0 Å². The Morgan fingerprint density at radius 2 is 2.00 bits per heavy atom. The van der Waals surface area contributed by atoms with Gasteiger partial charge in [-0.2, -0.15) is 5.26 Å². The van der Waals surface area contributed by atoms with Crippen molar-refractivity contribution in [3.05, 3.63) is 28.8 Å². The fourth-order valence-corrected chi connectivity index (χ4v) is 2.51. The summed E-state index contributed by atoms with van der Waals surface area (Å²) in [6.07, 6.45) is 4.60. The fourth-order valence-electron chi connectivity index (χ4n) is 2.30. The minimum Gasteiger partial charge on any atom is -0.488 e. The van der Waals surface area contributed by atoms with Gasteiger partial charge < -0.3 is 9.47 Å². The van der Waals surface area contributed by atoms with E-state index >= 15 is 0 Å². The summed E-state index contributed by atoms with van der Waals surface area (Å²) in [4.78, 5) is 0. The summed E-state index contributed by atoms with van der Waals surface area (Å²) in [5.41, 5.74) is 0.468. The Kier molecular flexibility index (Phi) is 4.46. The highest BCUT2D eigenvalue weighted by molar-refractivity contribution is 6.31. The van der Waals surface area contributed by atoms with Gasteiger partial charge in [-0.05, 0) is 31.4 Å². The zero-order valence-electron chi connectivity index (χ0n) is 10.4. The van der Waals surface area contributed by atoms with Crippen molar-refractivity contribution in [3.8, 4) is 11.8 Å². The Labute approximate surface area is 112 Å². The van der Waals surface area contributed by atoms with Gasteiger partial charge in [-0.1, -0.05) is 18.0 Å². The molecule has 3 nitrogen and oxygen atoms in total. The lowest BCUT2D eigenvalue weighted by molar-refractivity contribution is -0.0229. The standard InChI is InChI=1S/C14H16ClNO2/c1-17-13-4-2-3-5-14(13)18-11-7-6-10(9-16)12(15)8-11/h6-8,13-14H,2-5H2,1H3/t13-,14-/m1/s1. The largest absolute Gasteiger partial charge is 0.488 e. The molecule has 1 aliphatic rings. The van der Waals surface area contributed by atoms with Crippen LogP contribution in [0, 0.1) is 11.3 Å². The third-order valence-electron chi connectivity index (χ3n) is 3.29. The van der Waals surface area contributed by atoms with Gasteiger partial charge in [0.1, 0.15) is 17.9 Å². The van der Waals surface area contributed by atoms with Gasteiger partial charge in [0.15, 0.2) is 0 Å². The average Bonchev–Trinajstić information content (AvgIpc) is 2.39. The topological polar surface area (TPSA) is 42.2 Å². The molecule has 0 heterocycles. The van der Waals surface area contributed by atoms with Crippen molar-refractivity contribution in [2.24, 2.45) is 0 Å². The molecule has 1 fully saturated rings. The first-order chi connectivity index (χ1) is 8.74. The molecule has 0 bridgehead atoms. The van der Waals surface area contributed by atoms with Crippen LogP contribution in [0.5, 0.6) is 5.75 Å². The van der Waals surface area contributed by atoms with E-state index in [0.29, 0.717) is 16.3 Å². The first-order valence-corrected chi connectivity index (χ1v) is 6.51. The zero-order chi connectivity index (χ0) is 13.0. The second-order valence-corrected chi connectivity index (χ2v) is 4.88. The lowest BCUT2D eigenvalue weighted by atomic mass is 9.94. The van der Waals surface area contributed by atoms with Crippen LogP contribution in [0.25, 0.3) is 0 Å². The molecular formula is C14H16ClNO2. The Hall–Kier alpha value is -1.24. The minimum absolute atomic E-state index is 0.0766. The lowest BCUT2D eigenvalue weighted by Crippen LogP contribution is -2.36. The second kappa shape index (κ2) is 6.08. The number of benzene rings is 1. The van der Waals surface area contributed by atoms with E-state index in [1.54, 1.807) is 25.3 Å². The highest BCUT2D eigenvalue weighted by Gasteiger charge is 2.26. The van der Waals surface area contributed by atoms with E-state index < -0.39 is 0 Å². The average molecular weight is 266 g/mol. The van der Waals surface area contributed by atoms with E-state index in [2.05, 4.69) is 0 Å². The van der Waals surface area contributed by atoms with Crippen LogP contribution in [0.15, 0.2) is 18.2 Å². The van der Waals surface area contributed by atoms with Crippen molar-refractivity contribution in [2.45, 2.75) is 37.9 Å². The molecular weight excluding hydrogens is 250 g/mol. The van der Waals surface area contributed by atoms with Crippen molar-refractivity contribution in [1.82, 2.24) is 0 Å². The number of hydrogen-bond acceptors (Lipinski definition) is 3. The smallest absolute Gasteiger partial charge is 0.125 e. The number of rotatable bonds is 3. The predicted octanol–water partition coefficient (Wildman–Crippen LogP) is 3.55. The Balaban J connectivity index is 2.08. The highest BCUT2D eigenvalue weighted by atomic mass is 35.5. The number of halogens is 1. The summed E-state index contributed by atoms with van der Waals surface area (Å²) in [5, 5.41) is 9.25. The molecule has 1 saturated carbocycles. The van der Waals surface area contributed by atoms with Crippen molar-refractivity contribution in [2.75, 3.05) is 7.11 Å².